The average Bonchev–Trinajstić information content (AvgIpc) is 2.22. The first-order valence-electron chi connectivity index (χ1n) is 5.70. The van der Waals surface area contributed by atoms with E-state index in [1.54, 1.807) is 19.9 Å². The number of rotatable bonds is 5. The van der Waals surface area contributed by atoms with Gasteiger partial charge in [-0.05, 0) is 32.4 Å². The van der Waals surface area contributed by atoms with Gasteiger partial charge in [-0.15, -0.1) is 0 Å². The molecular weight excluding hydrogens is 257 g/mol. The van der Waals surface area contributed by atoms with Crippen molar-refractivity contribution in [2.75, 3.05) is 6.61 Å². The van der Waals surface area contributed by atoms with Gasteiger partial charge in [0.25, 0.3) is 0 Å². The van der Waals surface area contributed by atoms with Crippen LogP contribution in [-0.2, 0) is 11.2 Å². The van der Waals surface area contributed by atoms with Gasteiger partial charge in [0.05, 0.1) is 6.42 Å². The van der Waals surface area contributed by atoms with Crippen molar-refractivity contribution >= 4 is 17.5 Å². The fourth-order valence-corrected chi connectivity index (χ4v) is 1.86. The highest BCUT2D eigenvalue weighted by Gasteiger charge is 2.21. The van der Waals surface area contributed by atoms with E-state index in [9.17, 15) is 9.18 Å². The highest BCUT2D eigenvalue weighted by atomic mass is 35.5. The number of halogens is 2. The normalized spacial score (nSPS) is 11.4. The lowest BCUT2D eigenvalue weighted by molar-refractivity contribution is -0.122. The minimum absolute atomic E-state index is 0.0201. The first-order valence-corrected chi connectivity index (χ1v) is 6.08. The maximum absolute atomic E-state index is 13.5. The van der Waals surface area contributed by atoms with E-state index in [4.69, 9.17) is 16.7 Å². The predicted molar refractivity (Wildman–Crippen MR) is 69.0 cm³/mol. The molecule has 0 spiro atoms. The number of amides is 1. The molecule has 0 atom stereocenters. The van der Waals surface area contributed by atoms with Crippen LogP contribution in [0, 0.1) is 5.82 Å². The summed E-state index contributed by atoms with van der Waals surface area (Å²) in [5, 5.41) is 11.8. The summed E-state index contributed by atoms with van der Waals surface area (Å²) in [6.07, 6.45) is 0.324. The van der Waals surface area contributed by atoms with E-state index in [0.717, 1.165) is 0 Å². The molecule has 0 aliphatic rings. The molecule has 0 radical (unpaired) electrons. The Labute approximate surface area is 111 Å². The second-order valence-corrected chi connectivity index (χ2v) is 5.19. The third-order valence-corrected chi connectivity index (χ3v) is 2.97. The van der Waals surface area contributed by atoms with E-state index < -0.39 is 11.4 Å². The standard InChI is InChI=1S/C13H17ClFNO2/c1-13(2,6-7-17)16-12(18)8-9-10(14)4-3-5-11(9)15/h3-5,17H,6-8H2,1-2H3,(H,16,18). The van der Waals surface area contributed by atoms with Gasteiger partial charge in [-0.25, -0.2) is 4.39 Å². The van der Waals surface area contributed by atoms with Crippen LogP contribution < -0.4 is 5.32 Å². The molecule has 0 saturated heterocycles. The van der Waals surface area contributed by atoms with Gasteiger partial charge in [0.2, 0.25) is 5.91 Å². The molecule has 1 rings (SSSR count). The lowest BCUT2D eigenvalue weighted by atomic mass is 10.0. The highest BCUT2D eigenvalue weighted by Crippen LogP contribution is 2.19. The molecule has 2 N–H and O–H groups in total. The Kier molecular flexibility index (Phi) is 5.11. The highest BCUT2D eigenvalue weighted by molar-refractivity contribution is 6.31. The summed E-state index contributed by atoms with van der Waals surface area (Å²) in [5.41, 5.74) is -0.333. The molecule has 100 valence electrons. The number of benzene rings is 1. The molecule has 1 aromatic rings. The summed E-state index contributed by atoms with van der Waals surface area (Å²) in [6, 6.07) is 4.31. The largest absolute Gasteiger partial charge is 0.396 e. The number of nitrogens with one attached hydrogen (secondary N) is 1. The van der Waals surface area contributed by atoms with Gasteiger partial charge in [0, 0.05) is 22.7 Å². The minimum Gasteiger partial charge on any atom is -0.396 e. The van der Waals surface area contributed by atoms with Crippen molar-refractivity contribution in [2.24, 2.45) is 0 Å². The van der Waals surface area contributed by atoms with Crippen molar-refractivity contribution in [3.8, 4) is 0 Å². The van der Waals surface area contributed by atoms with Crippen molar-refractivity contribution in [1.29, 1.82) is 0 Å². The van der Waals surface area contributed by atoms with E-state index in [2.05, 4.69) is 5.32 Å². The molecule has 0 aliphatic carbocycles. The monoisotopic (exact) mass is 273 g/mol. The average molecular weight is 274 g/mol. The summed E-state index contributed by atoms with van der Waals surface area (Å²) in [4.78, 5) is 11.8. The van der Waals surface area contributed by atoms with Crippen molar-refractivity contribution in [3.63, 3.8) is 0 Å². The molecule has 0 heterocycles. The molecule has 1 aromatic carbocycles. The molecule has 0 unspecified atom stereocenters. The summed E-state index contributed by atoms with van der Waals surface area (Å²) < 4.78 is 13.5. The van der Waals surface area contributed by atoms with Gasteiger partial charge < -0.3 is 10.4 Å². The molecule has 0 fully saturated rings. The number of hydrogen-bond acceptors (Lipinski definition) is 2. The van der Waals surface area contributed by atoms with E-state index in [-0.39, 0.29) is 29.5 Å². The molecule has 0 aliphatic heterocycles. The van der Waals surface area contributed by atoms with Gasteiger partial charge in [0.1, 0.15) is 5.82 Å². The molecule has 3 nitrogen and oxygen atoms in total. The van der Waals surface area contributed by atoms with E-state index in [1.807, 2.05) is 0 Å². The number of aliphatic hydroxyl groups excluding tert-OH is 1. The zero-order valence-corrected chi connectivity index (χ0v) is 11.2. The van der Waals surface area contributed by atoms with Crippen LogP contribution in [0.25, 0.3) is 0 Å². The summed E-state index contributed by atoms with van der Waals surface area (Å²) in [5.74, 6) is -0.807. The lowest BCUT2D eigenvalue weighted by Gasteiger charge is -2.25. The van der Waals surface area contributed by atoms with Crippen LogP contribution >= 0.6 is 11.6 Å². The fraction of sp³-hybridized carbons (Fsp3) is 0.462. The Morgan fingerprint density at radius 1 is 1.50 bits per heavy atom. The summed E-state index contributed by atoms with van der Waals surface area (Å²) in [6.45, 7) is 3.57. The van der Waals surface area contributed by atoms with Gasteiger partial charge in [-0.3, -0.25) is 4.79 Å². The number of hydrogen-bond donors (Lipinski definition) is 2. The second kappa shape index (κ2) is 6.16. The minimum atomic E-state index is -0.524. The van der Waals surface area contributed by atoms with Gasteiger partial charge in [-0.2, -0.15) is 0 Å². The number of carbonyl (C=O) groups excluding carboxylic acids is 1. The molecule has 1 amide bonds. The Balaban J connectivity index is 2.71. The molecule has 5 heteroatoms. The molecule has 0 aromatic heterocycles. The van der Waals surface area contributed by atoms with E-state index in [0.29, 0.717) is 6.42 Å². The molecule has 0 saturated carbocycles. The zero-order valence-electron chi connectivity index (χ0n) is 10.5. The van der Waals surface area contributed by atoms with Crippen molar-refractivity contribution < 1.29 is 14.3 Å². The Bertz CT molecular complexity index is 415. The number of carbonyl (C=O) groups is 1. The van der Waals surface area contributed by atoms with Crippen LogP contribution in [-0.4, -0.2) is 23.2 Å². The first-order chi connectivity index (χ1) is 8.35. The maximum Gasteiger partial charge on any atom is 0.224 e. The van der Waals surface area contributed by atoms with Crippen molar-refractivity contribution in [1.82, 2.24) is 5.32 Å². The molecule has 0 bridgehead atoms. The maximum atomic E-state index is 13.5. The number of aliphatic hydroxyl groups is 1. The third-order valence-electron chi connectivity index (χ3n) is 2.61. The quantitative estimate of drug-likeness (QED) is 0.865. The van der Waals surface area contributed by atoms with Crippen LogP contribution in [0.5, 0.6) is 0 Å². The summed E-state index contributed by atoms with van der Waals surface area (Å²) >= 11 is 5.85. The Morgan fingerprint density at radius 2 is 2.17 bits per heavy atom. The SMILES string of the molecule is CC(C)(CCO)NC(=O)Cc1c(F)cccc1Cl. The first kappa shape index (κ1) is 14.9. The van der Waals surface area contributed by atoms with Crippen molar-refractivity contribution in [2.45, 2.75) is 32.2 Å². The predicted octanol–water partition coefficient (Wildman–Crippen LogP) is 2.30. The Hall–Kier alpha value is -1.13. The topological polar surface area (TPSA) is 49.3 Å². The van der Waals surface area contributed by atoms with Crippen LogP contribution in [0.2, 0.25) is 5.02 Å². The van der Waals surface area contributed by atoms with Crippen LogP contribution in [0.3, 0.4) is 0 Å². The lowest BCUT2D eigenvalue weighted by Crippen LogP contribution is -2.44. The van der Waals surface area contributed by atoms with Crippen LogP contribution in [0.1, 0.15) is 25.8 Å². The second-order valence-electron chi connectivity index (χ2n) is 4.78. The van der Waals surface area contributed by atoms with Gasteiger partial charge in [0.15, 0.2) is 0 Å². The van der Waals surface area contributed by atoms with Crippen molar-refractivity contribution in [3.05, 3.63) is 34.6 Å². The molecule has 18 heavy (non-hydrogen) atoms. The Morgan fingerprint density at radius 3 is 2.72 bits per heavy atom. The van der Waals surface area contributed by atoms with Gasteiger partial charge >= 0.3 is 0 Å². The van der Waals surface area contributed by atoms with Gasteiger partial charge in [-0.1, -0.05) is 17.7 Å². The van der Waals surface area contributed by atoms with Crippen LogP contribution in [0.4, 0.5) is 4.39 Å². The van der Waals surface area contributed by atoms with E-state index in [1.165, 1.54) is 12.1 Å². The fourth-order valence-electron chi connectivity index (χ4n) is 1.63. The zero-order chi connectivity index (χ0) is 13.8. The summed E-state index contributed by atoms with van der Waals surface area (Å²) in [7, 11) is 0. The third kappa shape index (κ3) is 4.27. The van der Waals surface area contributed by atoms with Crippen LogP contribution in [0.15, 0.2) is 18.2 Å². The smallest absolute Gasteiger partial charge is 0.224 e. The van der Waals surface area contributed by atoms with E-state index >= 15 is 0 Å². The molecular formula is C13H17ClFNO2.